The second-order valence-electron chi connectivity index (χ2n) is 8.64. The Labute approximate surface area is 185 Å². The van der Waals surface area contributed by atoms with E-state index in [0.29, 0.717) is 12.5 Å². The molecule has 0 spiro atoms. The van der Waals surface area contributed by atoms with Crippen LogP contribution in [0.2, 0.25) is 0 Å². The molecule has 1 aliphatic rings. The topological polar surface area (TPSA) is 54.8 Å². The third-order valence-corrected chi connectivity index (χ3v) is 6.44. The first-order valence-electron chi connectivity index (χ1n) is 11.2. The highest BCUT2D eigenvalue weighted by molar-refractivity contribution is 5.95. The monoisotopic (exact) mass is 425 g/mol. The summed E-state index contributed by atoms with van der Waals surface area (Å²) in [7, 11) is 3.55. The summed E-state index contributed by atoms with van der Waals surface area (Å²) in [6.07, 6.45) is 3.91. The van der Waals surface area contributed by atoms with Crippen molar-refractivity contribution in [3.05, 3.63) is 69.6 Å². The molecular formula is C25H35N3O3. The fourth-order valence-electron chi connectivity index (χ4n) is 4.37. The Bertz CT molecular complexity index is 917. The van der Waals surface area contributed by atoms with E-state index in [1.807, 2.05) is 57.3 Å². The predicted octanol–water partition coefficient (Wildman–Crippen LogP) is 3.20. The van der Waals surface area contributed by atoms with E-state index < -0.39 is 0 Å². The van der Waals surface area contributed by atoms with Crippen LogP contribution in [0.5, 0.6) is 0 Å². The highest BCUT2D eigenvalue weighted by Gasteiger charge is 2.25. The number of amides is 1. The van der Waals surface area contributed by atoms with Gasteiger partial charge in [0.15, 0.2) is 0 Å². The molecule has 3 rings (SSSR count). The largest absolute Gasteiger partial charge is 0.383 e. The van der Waals surface area contributed by atoms with Crippen molar-refractivity contribution < 1.29 is 9.53 Å². The normalized spacial score (nSPS) is 16.3. The second kappa shape index (κ2) is 10.7. The molecule has 6 heteroatoms. The Morgan fingerprint density at radius 2 is 1.87 bits per heavy atom. The number of likely N-dealkylation sites (tertiary alicyclic amines) is 1. The maximum Gasteiger partial charge on any atom is 0.264 e. The highest BCUT2D eigenvalue weighted by atomic mass is 16.5. The Kier molecular flexibility index (Phi) is 8.04. The van der Waals surface area contributed by atoms with Gasteiger partial charge in [0.25, 0.3) is 11.5 Å². The molecule has 0 saturated carbocycles. The number of aryl methyl sites for hydroxylation is 1. The number of hydrogen-bond acceptors (Lipinski definition) is 4. The van der Waals surface area contributed by atoms with Crippen LogP contribution in [0.15, 0.2) is 47.4 Å². The van der Waals surface area contributed by atoms with Crippen molar-refractivity contribution in [2.75, 3.05) is 46.9 Å². The fourth-order valence-corrected chi connectivity index (χ4v) is 4.37. The third-order valence-electron chi connectivity index (χ3n) is 6.44. The molecule has 1 aliphatic heterocycles. The minimum Gasteiger partial charge on any atom is -0.383 e. The molecule has 1 unspecified atom stereocenters. The average Bonchev–Trinajstić information content (AvgIpc) is 2.78. The van der Waals surface area contributed by atoms with Gasteiger partial charge >= 0.3 is 0 Å². The first-order chi connectivity index (χ1) is 14.9. The van der Waals surface area contributed by atoms with Gasteiger partial charge in [-0.05, 0) is 62.9 Å². The minimum absolute atomic E-state index is 0.136. The fraction of sp³-hybridized carbons (Fsp3) is 0.520. The Morgan fingerprint density at radius 3 is 2.52 bits per heavy atom. The van der Waals surface area contributed by atoms with Gasteiger partial charge in [-0.3, -0.25) is 9.59 Å². The van der Waals surface area contributed by atoms with Crippen LogP contribution < -0.4 is 5.56 Å². The minimum atomic E-state index is -0.220. The van der Waals surface area contributed by atoms with E-state index in [1.54, 1.807) is 22.8 Å². The maximum atomic E-state index is 13.3. The highest BCUT2D eigenvalue weighted by Crippen LogP contribution is 2.20. The zero-order chi connectivity index (χ0) is 22.4. The number of piperidine rings is 1. The van der Waals surface area contributed by atoms with Gasteiger partial charge in [0, 0.05) is 33.4 Å². The molecule has 1 amide bonds. The number of nitrogens with zero attached hydrogens (tertiary/aromatic N) is 3. The van der Waals surface area contributed by atoms with E-state index in [-0.39, 0.29) is 23.1 Å². The summed E-state index contributed by atoms with van der Waals surface area (Å²) < 4.78 is 6.83. The summed E-state index contributed by atoms with van der Waals surface area (Å²) in [4.78, 5) is 30.7. The van der Waals surface area contributed by atoms with Gasteiger partial charge in [-0.1, -0.05) is 30.3 Å². The van der Waals surface area contributed by atoms with Crippen LogP contribution in [0.1, 0.15) is 47.3 Å². The first kappa shape index (κ1) is 23.2. The van der Waals surface area contributed by atoms with Gasteiger partial charge in [0.05, 0.1) is 12.6 Å². The lowest BCUT2D eigenvalue weighted by Crippen LogP contribution is -2.42. The van der Waals surface area contributed by atoms with E-state index in [4.69, 9.17) is 4.74 Å². The maximum absolute atomic E-state index is 13.3. The van der Waals surface area contributed by atoms with E-state index in [0.717, 1.165) is 50.2 Å². The van der Waals surface area contributed by atoms with Gasteiger partial charge in [-0.2, -0.15) is 0 Å². The number of rotatable bonds is 8. The first-order valence-corrected chi connectivity index (χ1v) is 11.2. The number of methoxy groups -OCH3 is 1. The van der Waals surface area contributed by atoms with E-state index >= 15 is 0 Å². The third kappa shape index (κ3) is 5.63. The van der Waals surface area contributed by atoms with Crippen molar-refractivity contribution >= 4 is 5.91 Å². The Balaban J connectivity index is 1.70. The molecule has 2 heterocycles. The van der Waals surface area contributed by atoms with Crippen LogP contribution in [0, 0.1) is 12.8 Å². The van der Waals surface area contributed by atoms with Crippen molar-refractivity contribution in [1.82, 2.24) is 14.4 Å². The summed E-state index contributed by atoms with van der Waals surface area (Å²) in [5.41, 5.74) is 1.83. The lowest BCUT2D eigenvalue weighted by Gasteiger charge is -2.33. The molecule has 1 atom stereocenters. The average molecular weight is 426 g/mol. The molecule has 1 aromatic heterocycles. The molecule has 2 aromatic rings. The lowest BCUT2D eigenvalue weighted by atomic mass is 9.96. The van der Waals surface area contributed by atoms with Crippen LogP contribution in [-0.4, -0.2) is 67.2 Å². The summed E-state index contributed by atoms with van der Waals surface area (Å²) in [6.45, 7) is 8.28. The summed E-state index contributed by atoms with van der Waals surface area (Å²) in [5, 5.41) is 0. The Morgan fingerprint density at radius 1 is 1.19 bits per heavy atom. The SMILES string of the molecule is COCCN1CCC(CN(C)C(=O)c2c(C)ccn(C(C)c3ccccc3)c2=O)CC1. The van der Waals surface area contributed by atoms with Gasteiger partial charge in [0.2, 0.25) is 0 Å². The number of hydrogen-bond donors (Lipinski definition) is 0. The number of aromatic nitrogens is 1. The van der Waals surface area contributed by atoms with Gasteiger partial charge < -0.3 is 19.1 Å². The molecular weight excluding hydrogens is 390 g/mol. The van der Waals surface area contributed by atoms with Crippen LogP contribution >= 0.6 is 0 Å². The van der Waals surface area contributed by atoms with Crippen LogP contribution in [0.25, 0.3) is 0 Å². The molecule has 168 valence electrons. The summed E-state index contributed by atoms with van der Waals surface area (Å²) in [5.74, 6) is 0.279. The van der Waals surface area contributed by atoms with Gasteiger partial charge in [0.1, 0.15) is 5.56 Å². The van der Waals surface area contributed by atoms with Gasteiger partial charge in [-0.15, -0.1) is 0 Å². The molecule has 0 aliphatic carbocycles. The van der Waals surface area contributed by atoms with E-state index in [9.17, 15) is 9.59 Å². The molecule has 0 N–H and O–H groups in total. The molecule has 1 saturated heterocycles. The second-order valence-corrected chi connectivity index (χ2v) is 8.64. The predicted molar refractivity (Wildman–Crippen MR) is 124 cm³/mol. The van der Waals surface area contributed by atoms with Crippen LogP contribution in [0.4, 0.5) is 0 Å². The zero-order valence-corrected chi connectivity index (χ0v) is 19.2. The van der Waals surface area contributed by atoms with Crippen molar-refractivity contribution in [2.24, 2.45) is 5.92 Å². The standard InChI is InChI=1S/C25H35N3O3/c1-19-10-15-28(20(2)22-8-6-5-7-9-22)25(30)23(19)24(29)26(3)18-21-11-13-27(14-12-21)16-17-31-4/h5-10,15,20-21H,11-14,16-18H2,1-4H3. The number of pyridine rings is 1. The van der Waals surface area contributed by atoms with Crippen molar-refractivity contribution in [2.45, 2.75) is 32.7 Å². The van der Waals surface area contributed by atoms with E-state index in [2.05, 4.69) is 4.90 Å². The quantitative estimate of drug-likeness (QED) is 0.652. The zero-order valence-electron chi connectivity index (χ0n) is 19.2. The molecule has 1 fully saturated rings. The molecule has 31 heavy (non-hydrogen) atoms. The van der Waals surface area contributed by atoms with Crippen molar-refractivity contribution in [3.8, 4) is 0 Å². The molecule has 0 bridgehead atoms. The van der Waals surface area contributed by atoms with E-state index in [1.165, 1.54) is 0 Å². The number of carbonyl (C=O) groups is 1. The number of benzene rings is 1. The van der Waals surface area contributed by atoms with Gasteiger partial charge in [-0.25, -0.2) is 0 Å². The van der Waals surface area contributed by atoms with Crippen LogP contribution in [-0.2, 0) is 4.74 Å². The molecule has 6 nitrogen and oxygen atoms in total. The molecule has 1 aromatic carbocycles. The van der Waals surface area contributed by atoms with Crippen molar-refractivity contribution in [1.29, 1.82) is 0 Å². The number of ether oxygens (including phenoxy) is 1. The summed E-state index contributed by atoms with van der Waals surface area (Å²) >= 11 is 0. The lowest BCUT2D eigenvalue weighted by molar-refractivity contribution is 0.0721. The Hall–Kier alpha value is -2.44. The summed E-state index contributed by atoms with van der Waals surface area (Å²) in [6, 6.07) is 11.6. The number of carbonyl (C=O) groups excluding carboxylic acids is 1. The van der Waals surface area contributed by atoms with Crippen molar-refractivity contribution in [3.63, 3.8) is 0 Å². The van der Waals surface area contributed by atoms with Crippen LogP contribution in [0.3, 0.4) is 0 Å². The smallest absolute Gasteiger partial charge is 0.264 e. The molecule has 0 radical (unpaired) electrons.